The molecule has 0 atom stereocenters. The summed E-state index contributed by atoms with van der Waals surface area (Å²) in [5, 5.41) is 0. The lowest BCUT2D eigenvalue weighted by Crippen LogP contribution is -2.05. The molecule has 0 aliphatic rings. The molecule has 0 N–H and O–H groups in total. The first-order valence-electron chi connectivity index (χ1n) is 5.56. The minimum absolute atomic E-state index is 0.0944. The number of halogens is 2. The van der Waals surface area contributed by atoms with Crippen molar-refractivity contribution < 1.29 is 9.18 Å². The van der Waals surface area contributed by atoms with E-state index in [0.717, 1.165) is 10.0 Å². The van der Waals surface area contributed by atoms with Crippen LogP contribution >= 0.6 is 15.9 Å². The van der Waals surface area contributed by atoms with Crippen molar-refractivity contribution in [3.8, 4) is 0 Å². The Labute approximate surface area is 114 Å². The maximum atomic E-state index is 13.0. The van der Waals surface area contributed by atoms with Gasteiger partial charge in [0.2, 0.25) is 0 Å². The summed E-state index contributed by atoms with van der Waals surface area (Å²) < 4.78 is 13.8. The zero-order valence-corrected chi connectivity index (χ0v) is 11.7. The summed E-state index contributed by atoms with van der Waals surface area (Å²) in [5.41, 5.74) is 2.79. The van der Waals surface area contributed by atoms with E-state index in [4.69, 9.17) is 0 Å². The van der Waals surface area contributed by atoms with E-state index in [1.807, 2.05) is 25.1 Å². The van der Waals surface area contributed by atoms with Gasteiger partial charge in [0.1, 0.15) is 5.82 Å². The van der Waals surface area contributed by atoms with E-state index < -0.39 is 0 Å². The van der Waals surface area contributed by atoms with E-state index in [1.165, 1.54) is 18.2 Å². The summed E-state index contributed by atoms with van der Waals surface area (Å²) in [6, 6.07) is 9.82. The summed E-state index contributed by atoms with van der Waals surface area (Å²) in [6.07, 6.45) is 0. The van der Waals surface area contributed by atoms with Crippen molar-refractivity contribution in [1.82, 2.24) is 0 Å². The summed E-state index contributed by atoms with van der Waals surface area (Å²) in [5.74, 6) is -0.421. The molecule has 0 saturated heterocycles. The van der Waals surface area contributed by atoms with Crippen LogP contribution in [-0.2, 0) is 0 Å². The Balaban J connectivity index is 2.51. The smallest absolute Gasteiger partial charge is 0.194 e. The molecule has 0 amide bonds. The normalized spacial score (nSPS) is 10.4. The van der Waals surface area contributed by atoms with Crippen molar-refractivity contribution in [2.45, 2.75) is 13.8 Å². The molecule has 2 rings (SSSR count). The number of hydrogen-bond donors (Lipinski definition) is 0. The summed E-state index contributed by atoms with van der Waals surface area (Å²) in [7, 11) is 0. The Kier molecular flexibility index (Phi) is 3.62. The van der Waals surface area contributed by atoms with Gasteiger partial charge in [0, 0.05) is 15.6 Å². The third-order valence-corrected chi connectivity index (χ3v) is 3.49. The van der Waals surface area contributed by atoms with E-state index in [0.29, 0.717) is 16.7 Å². The molecule has 0 radical (unpaired) electrons. The molecule has 3 heteroatoms. The van der Waals surface area contributed by atoms with Crippen LogP contribution in [0.5, 0.6) is 0 Å². The maximum absolute atomic E-state index is 13.0. The minimum atomic E-state index is -0.327. The fraction of sp³-hybridized carbons (Fsp3) is 0.133. The molecule has 2 aromatic carbocycles. The zero-order chi connectivity index (χ0) is 13.3. The van der Waals surface area contributed by atoms with Crippen LogP contribution in [0, 0.1) is 19.7 Å². The highest BCUT2D eigenvalue weighted by Gasteiger charge is 2.15. The molecule has 1 nitrogen and oxygen atoms in total. The van der Waals surface area contributed by atoms with Gasteiger partial charge >= 0.3 is 0 Å². The first-order valence-corrected chi connectivity index (χ1v) is 6.35. The quantitative estimate of drug-likeness (QED) is 0.750. The molecule has 0 aliphatic carbocycles. The van der Waals surface area contributed by atoms with Gasteiger partial charge in [-0.05, 0) is 49.7 Å². The molecule has 92 valence electrons. The van der Waals surface area contributed by atoms with Crippen LogP contribution in [0.1, 0.15) is 27.0 Å². The van der Waals surface area contributed by atoms with Crippen molar-refractivity contribution in [2.24, 2.45) is 0 Å². The van der Waals surface area contributed by atoms with E-state index in [2.05, 4.69) is 15.9 Å². The highest BCUT2D eigenvalue weighted by Crippen LogP contribution is 2.23. The highest BCUT2D eigenvalue weighted by atomic mass is 79.9. The van der Waals surface area contributed by atoms with Crippen molar-refractivity contribution in [3.05, 3.63) is 68.9 Å². The summed E-state index contributed by atoms with van der Waals surface area (Å²) in [4.78, 5) is 12.4. The van der Waals surface area contributed by atoms with Gasteiger partial charge in [-0.25, -0.2) is 4.39 Å². The van der Waals surface area contributed by atoms with Crippen LogP contribution in [0.2, 0.25) is 0 Å². The largest absolute Gasteiger partial charge is 0.289 e. The standard InChI is InChI=1S/C15H12BrFO/c1-9-3-6-14(16)13(7-9)15(18)12-5-4-11(17)8-10(12)2/h3-8H,1-2H3. The van der Waals surface area contributed by atoms with Gasteiger partial charge in [-0.2, -0.15) is 0 Å². The molecule has 0 heterocycles. The maximum Gasteiger partial charge on any atom is 0.194 e. The average Bonchev–Trinajstić information content (AvgIpc) is 2.31. The number of carbonyl (C=O) groups excluding carboxylic acids is 1. The molecule has 0 aliphatic heterocycles. The molecule has 0 spiro atoms. The van der Waals surface area contributed by atoms with Gasteiger partial charge in [0.05, 0.1) is 0 Å². The molecule has 2 aromatic rings. The van der Waals surface area contributed by atoms with Crippen molar-refractivity contribution in [2.75, 3.05) is 0 Å². The number of carbonyl (C=O) groups is 1. The summed E-state index contributed by atoms with van der Waals surface area (Å²) in [6.45, 7) is 3.67. The van der Waals surface area contributed by atoms with Crippen molar-refractivity contribution >= 4 is 21.7 Å². The molecule has 0 unspecified atom stereocenters. The molecule has 18 heavy (non-hydrogen) atoms. The Morgan fingerprint density at radius 3 is 2.44 bits per heavy atom. The zero-order valence-electron chi connectivity index (χ0n) is 10.1. The van der Waals surface area contributed by atoms with E-state index in [9.17, 15) is 9.18 Å². The van der Waals surface area contributed by atoms with Gasteiger partial charge in [-0.15, -0.1) is 0 Å². The fourth-order valence-electron chi connectivity index (χ4n) is 1.84. The Hall–Kier alpha value is -1.48. The molecular formula is C15H12BrFO. The molecule has 0 fully saturated rings. The molecule has 0 aromatic heterocycles. The number of hydrogen-bond acceptors (Lipinski definition) is 1. The SMILES string of the molecule is Cc1ccc(Br)c(C(=O)c2ccc(F)cc2C)c1. The fourth-order valence-corrected chi connectivity index (χ4v) is 2.27. The van der Waals surface area contributed by atoms with E-state index in [-0.39, 0.29) is 11.6 Å². The predicted molar refractivity (Wildman–Crippen MR) is 73.4 cm³/mol. The molecule has 0 saturated carbocycles. The Bertz CT molecular complexity index is 620. The lowest BCUT2D eigenvalue weighted by molar-refractivity contribution is 0.103. The highest BCUT2D eigenvalue weighted by molar-refractivity contribution is 9.10. The van der Waals surface area contributed by atoms with Crippen LogP contribution in [0.4, 0.5) is 4.39 Å². The number of aryl methyl sites for hydroxylation is 2. The van der Waals surface area contributed by atoms with Crippen LogP contribution in [0.25, 0.3) is 0 Å². The van der Waals surface area contributed by atoms with Gasteiger partial charge in [-0.1, -0.05) is 27.6 Å². The third-order valence-electron chi connectivity index (χ3n) is 2.80. The second-order valence-corrected chi connectivity index (χ2v) is 5.13. The minimum Gasteiger partial charge on any atom is -0.289 e. The predicted octanol–water partition coefficient (Wildman–Crippen LogP) is 4.44. The topological polar surface area (TPSA) is 17.1 Å². The Morgan fingerprint density at radius 2 is 1.78 bits per heavy atom. The van der Waals surface area contributed by atoms with Crippen LogP contribution in [0.3, 0.4) is 0 Å². The average molecular weight is 307 g/mol. The number of ketones is 1. The van der Waals surface area contributed by atoms with Crippen LogP contribution < -0.4 is 0 Å². The third kappa shape index (κ3) is 2.51. The lowest BCUT2D eigenvalue weighted by Gasteiger charge is -2.08. The van der Waals surface area contributed by atoms with Crippen LogP contribution in [-0.4, -0.2) is 5.78 Å². The van der Waals surface area contributed by atoms with Crippen molar-refractivity contribution in [3.63, 3.8) is 0 Å². The monoisotopic (exact) mass is 306 g/mol. The first-order chi connectivity index (χ1) is 8.49. The van der Waals surface area contributed by atoms with Gasteiger partial charge in [0.15, 0.2) is 5.78 Å². The number of rotatable bonds is 2. The van der Waals surface area contributed by atoms with E-state index in [1.54, 1.807) is 6.92 Å². The van der Waals surface area contributed by atoms with Crippen LogP contribution in [0.15, 0.2) is 40.9 Å². The van der Waals surface area contributed by atoms with Gasteiger partial charge < -0.3 is 0 Å². The molecular weight excluding hydrogens is 295 g/mol. The second-order valence-electron chi connectivity index (χ2n) is 4.27. The summed E-state index contributed by atoms with van der Waals surface area (Å²) >= 11 is 3.37. The van der Waals surface area contributed by atoms with Crippen molar-refractivity contribution in [1.29, 1.82) is 0 Å². The lowest BCUT2D eigenvalue weighted by atomic mass is 9.98. The first kappa shape index (κ1) is 13.0. The Morgan fingerprint density at radius 1 is 1.06 bits per heavy atom. The van der Waals surface area contributed by atoms with E-state index >= 15 is 0 Å². The van der Waals surface area contributed by atoms with Gasteiger partial charge in [-0.3, -0.25) is 4.79 Å². The second kappa shape index (κ2) is 5.02. The van der Waals surface area contributed by atoms with Gasteiger partial charge in [0.25, 0.3) is 0 Å². The number of benzene rings is 2. The molecule has 0 bridgehead atoms.